The van der Waals surface area contributed by atoms with Crippen LogP contribution in [0.1, 0.15) is 25.7 Å². The average Bonchev–Trinajstić information content (AvgIpc) is 3.05. The van der Waals surface area contributed by atoms with E-state index >= 15 is 0 Å². The van der Waals surface area contributed by atoms with E-state index < -0.39 is 18.1 Å². The van der Waals surface area contributed by atoms with Crippen molar-refractivity contribution in [3.05, 3.63) is 0 Å². The summed E-state index contributed by atoms with van der Waals surface area (Å²) < 4.78 is 0. The van der Waals surface area contributed by atoms with E-state index in [0.717, 1.165) is 6.42 Å². The molecule has 0 aliphatic carbocycles. The lowest BCUT2D eigenvalue weighted by Gasteiger charge is -2.30. The minimum absolute atomic E-state index is 0.183. The molecule has 0 saturated carbocycles. The standard InChI is InChI=1S/C12H19N3O4/c1-13-10(16)8-4-2-6-14(8)12(19)15-7-3-5-9(15)11(17)18/h8-9H,2-7H2,1H3,(H,13,16)(H,17,18). The molecule has 2 aliphatic rings. The molecule has 0 aromatic heterocycles. The average molecular weight is 269 g/mol. The van der Waals surface area contributed by atoms with Crippen molar-refractivity contribution in [1.82, 2.24) is 15.1 Å². The first-order chi connectivity index (χ1) is 9.06. The summed E-state index contributed by atoms with van der Waals surface area (Å²) in [5.41, 5.74) is 0. The van der Waals surface area contributed by atoms with Crippen molar-refractivity contribution in [2.24, 2.45) is 0 Å². The maximum atomic E-state index is 12.4. The Bertz CT molecular complexity index is 398. The van der Waals surface area contributed by atoms with E-state index in [1.54, 1.807) is 7.05 Å². The summed E-state index contributed by atoms with van der Waals surface area (Å²) in [6.45, 7) is 0.965. The molecule has 2 N–H and O–H groups in total. The van der Waals surface area contributed by atoms with Crippen molar-refractivity contribution in [2.45, 2.75) is 37.8 Å². The number of amides is 3. The first-order valence-corrected chi connectivity index (χ1v) is 6.58. The number of carbonyl (C=O) groups excluding carboxylic acids is 2. The number of carboxylic acid groups (broad SMARTS) is 1. The zero-order chi connectivity index (χ0) is 14.0. The molecule has 19 heavy (non-hydrogen) atoms. The fraction of sp³-hybridized carbons (Fsp3) is 0.750. The van der Waals surface area contributed by atoms with Gasteiger partial charge in [0.1, 0.15) is 12.1 Å². The zero-order valence-electron chi connectivity index (χ0n) is 11.0. The predicted octanol–water partition coefficient (Wildman–Crippen LogP) is -0.134. The molecule has 2 saturated heterocycles. The minimum Gasteiger partial charge on any atom is -0.480 e. The van der Waals surface area contributed by atoms with Crippen molar-refractivity contribution in [3.63, 3.8) is 0 Å². The van der Waals surface area contributed by atoms with Gasteiger partial charge in [0.2, 0.25) is 5.91 Å². The highest BCUT2D eigenvalue weighted by Crippen LogP contribution is 2.24. The van der Waals surface area contributed by atoms with E-state index in [0.29, 0.717) is 32.4 Å². The number of nitrogens with zero attached hydrogens (tertiary/aromatic N) is 2. The Hall–Kier alpha value is -1.79. The molecule has 0 spiro atoms. The topological polar surface area (TPSA) is 90.0 Å². The van der Waals surface area contributed by atoms with Crippen LogP contribution < -0.4 is 5.32 Å². The predicted molar refractivity (Wildman–Crippen MR) is 66.6 cm³/mol. The summed E-state index contributed by atoms with van der Waals surface area (Å²) in [7, 11) is 1.54. The van der Waals surface area contributed by atoms with E-state index in [4.69, 9.17) is 5.11 Å². The van der Waals surface area contributed by atoms with E-state index in [2.05, 4.69) is 5.32 Å². The monoisotopic (exact) mass is 269 g/mol. The third kappa shape index (κ3) is 2.50. The Kier molecular flexibility index (Phi) is 3.92. The molecule has 3 amide bonds. The molecule has 2 atom stereocenters. The summed E-state index contributed by atoms with van der Waals surface area (Å²) >= 11 is 0. The van der Waals surface area contributed by atoms with E-state index in [9.17, 15) is 14.4 Å². The number of carbonyl (C=O) groups is 3. The van der Waals surface area contributed by atoms with Gasteiger partial charge in [-0.3, -0.25) is 4.79 Å². The number of likely N-dealkylation sites (tertiary alicyclic amines) is 2. The van der Waals surface area contributed by atoms with Crippen LogP contribution in [0.3, 0.4) is 0 Å². The first kappa shape index (κ1) is 13.6. The number of hydrogen-bond acceptors (Lipinski definition) is 3. The molecule has 2 unspecified atom stereocenters. The van der Waals surface area contributed by atoms with Gasteiger partial charge < -0.3 is 20.2 Å². The molecule has 0 radical (unpaired) electrons. The maximum Gasteiger partial charge on any atom is 0.326 e. The van der Waals surface area contributed by atoms with Crippen LogP contribution in [0.5, 0.6) is 0 Å². The van der Waals surface area contributed by atoms with Gasteiger partial charge in [-0.15, -0.1) is 0 Å². The van der Waals surface area contributed by atoms with Crippen molar-refractivity contribution < 1.29 is 19.5 Å². The second-order valence-corrected chi connectivity index (χ2v) is 4.94. The highest BCUT2D eigenvalue weighted by molar-refractivity contribution is 5.89. The Morgan fingerprint density at radius 2 is 1.58 bits per heavy atom. The van der Waals surface area contributed by atoms with Gasteiger partial charge in [-0.25, -0.2) is 9.59 Å². The van der Waals surface area contributed by atoms with Gasteiger partial charge in [-0.1, -0.05) is 0 Å². The Morgan fingerprint density at radius 1 is 1.05 bits per heavy atom. The largest absolute Gasteiger partial charge is 0.480 e. The van der Waals surface area contributed by atoms with Crippen LogP contribution in [0, 0.1) is 0 Å². The zero-order valence-corrected chi connectivity index (χ0v) is 11.0. The first-order valence-electron chi connectivity index (χ1n) is 6.58. The molecule has 106 valence electrons. The number of urea groups is 1. The summed E-state index contributed by atoms with van der Waals surface area (Å²) in [4.78, 5) is 38.1. The SMILES string of the molecule is CNC(=O)C1CCCN1C(=O)N1CCCC1C(=O)O. The summed E-state index contributed by atoms with van der Waals surface area (Å²) in [6, 6.07) is -1.54. The number of carboxylic acids is 1. The van der Waals surface area contributed by atoms with Crippen LogP contribution in [0.4, 0.5) is 4.79 Å². The van der Waals surface area contributed by atoms with Crippen LogP contribution in [0.25, 0.3) is 0 Å². The Labute approximate surface area is 111 Å². The fourth-order valence-corrected chi connectivity index (χ4v) is 2.85. The summed E-state index contributed by atoms with van der Waals surface area (Å²) in [5.74, 6) is -1.15. The molecular formula is C12H19N3O4. The molecule has 7 heteroatoms. The Balaban J connectivity index is 2.10. The molecule has 2 heterocycles. The molecule has 2 rings (SSSR count). The van der Waals surface area contributed by atoms with Crippen molar-refractivity contribution in [2.75, 3.05) is 20.1 Å². The lowest BCUT2D eigenvalue weighted by molar-refractivity contribution is -0.141. The van der Waals surface area contributed by atoms with Gasteiger partial charge in [0.05, 0.1) is 0 Å². The van der Waals surface area contributed by atoms with E-state index in [-0.39, 0.29) is 11.9 Å². The van der Waals surface area contributed by atoms with Crippen LogP contribution in [-0.2, 0) is 9.59 Å². The minimum atomic E-state index is -0.971. The summed E-state index contributed by atoms with van der Waals surface area (Å²) in [5, 5.41) is 11.7. The molecule has 2 aliphatic heterocycles. The van der Waals surface area contributed by atoms with Crippen LogP contribution in [0.2, 0.25) is 0 Å². The number of rotatable bonds is 2. The third-order valence-electron chi connectivity index (χ3n) is 3.83. The normalized spacial score (nSPS) is 26.6. The second-order valence-electron chi connectivity index (χ2n) is 4.94. The van der Waals surface area contributed by atoms with Gasteiger partial charge in [0, 0.05) is 20.1 Å². The highest BCUT2D eigenvalue weighted by atomic mass is 16.4. The highest BCUT2D eigenvalue weighted by Gasteiger charge is 2.41. The molecule has 0 aromatic rings. The van der Waals surface area contributed by atoms with Crippen molar-refractivity contribution in [3.8, 4) is 0 Å². The van der Waals surface area contributed by atoms with Gasteiger partial charge in [0.15, 0.2) is 0 Å². The number of likely N-dealkylation sites (N-methyl/N-ethyl adjacent to an activating group) is 1. The van der Waals surface area contributed by atoms with Crippen LogP contribution >= 0.6 is 0 Å². The van der Waals surface area contributed by atoms with Gasteiger partial charge in [-0.05, 0) is 25.7 Å². The number of hydrogen-bond donors (Lipinski definition) is 2. The number of nitrogens with one attached hydrogen (secondary N) is 1. The van der Waals surface area contributed by atoms with Crippen molar-refractivity contribution >= 4 is 17.9 Å². The molecular weight excluding hydrogens is 250 g/mol. The van der Waals surface area contributed by atoms with Crippen LogP contribution in [0.15, 0.2) is 0 Å². The van der Waals surface area contributed by atoms with E-state index in [1.807, 2.05) is 0 Å². The molecule has 0 bridgehead atoms. The lowest BCUT2D eigenvalue weighted by Crippen LogP contribution is -2.52. The fourth-order valence-electron chi connectivity index (χ4n) is 2.85. The molecule has 7 nitrogen and oxygen atoms in total. The quantitative estimate of drug-likeness (QED) is 0.730. The van der Waals surface area contributed by atoms with Gasteiger partial charge >= 0.3 is 12.0 Å². The smallest absolute Gasteiger partial charge is 0.326 e. The second kappa shape index (κ2) is 5.46. The summed E-state index contributed by atoms with van der Waals surface area (Å²) in [6.07, 6.45) is 2.59. The van der Waals surface area contributed by atoms with Gasteiger partial charge in [0.25, 0.3) is 0 Å². The number of aliphatic carboxylic acids is 1. The van der Waals surface area contributed by atoms with E-state index in [1.165, 1.54) is 9.80 Å². The lowest BCUT2D eigenvalue weighted by atomic mass is 10.2. The molecule has 2 fully saturated rings. The Morgan fingerprint density at radius 3 is 2.11 bits per heavy atom. The maximum absolute atomic E-state index is 12.4. The van der Waals surface area contributed by atoms with Gasteiger partial charge in [-0.2, -0.15) is 0 Å². The third-order valence-corrected chi connectivity index (χ3v) is 3.83. The molecule has 0 aromatic carbocycles. The van der Waals surface area contributed by atoms with Crippen LogP contribution in [-0.4, -0.2) is 65.0 Å². The van der Waals surface area contributed by atoms with Crippen molar-refractivity contribution in [1.29, 1.82) is 0 Å².